The molecule has 0 aromatic heterocycles. The minimum absolute atomic E-state index is 0.181. The van der Waals surface area contributed by atoms with Gasteiger partial charge in [-0.05, 0) is 5.92 Å². The topological polar surface area (TPSA) is 27.6 Å². The smallest absolute Gasteiger partial charge is 0.150 e. The zero-order valence-corrected chi connectivity index (χ0v) is 4.28. The number of rotatable bonds is 0. The van der Waals surface area contributed by atoms with E-state index in [0.717, 1.165) is 0 Å². The number of hydrogen-bond donors (Lipinski definition) is 1. The van der Waals surface area contributed by atoms with Crippen LogP contribution in [0.4, 0.5) is 0 Å². The molecule has 6 heavy (non-hydrogen) atoms. The summed E-state index contributed by atoms with van der Waals surface area (Å²) in [4.78, 5) is 0. The van der Waals surface area contributed by atoms with E-state index >= 15 is 0 Å². The van der Waals surface area contributed by atoms with Crippen molar-refractivity contribution in [2.75, 3.05) is 0 Å². The molecule has 1 heteroatoms. The monoisotopic (exact) mass is 84.1 g/mol. The Morgan fingerprint density at radius 3 is 1.83 bits per heavy atom. The van der Waals surface area contributed by atoms with E-state index in [0.29, 0.717) is 0 Å². The van der Waals surface area contributed by atoms with Gasteiger partial charge in [-0.2, -0.15) is 0 Å². The molecule has 0 rings (SSSR count). The highest BCUT2D eigenvalue weighted by Crippen LogP contribution is 1.84. The number of terminal acetylenes is 1. The highest BCUT2D eigenvalue weighted by Gasteiger charge is 2.06. The van der Waals surface area contributed by atoms with Crippen molar-refractivity contribution in [1.82, 2.24) is 0 Å². The van der Waals surface area contributed by atoms with Crippen molar-refractivity contribution in [2.24, 2.45) is 0 Å². The molecule has 0 radical (unpaired) electrons. The van der Waals surface area contributed by atoms with Crippen molar-refractivity contribution < 1.29 is 5.73 Å². The molecular weight excluding hydrogens is 74.1 g/mol. The van der Waals surface area contributed by atoms with Crippen LogP contribution in [0.3, 0.4) is 0 Å². The average Bonchev–Trinajstić information content (AvgIpc) is 1.35. The van der Waals surface area contributed by atoms with Gasteiger partial charge >= 0.3 is 0 Å². The molecule has 0 aliphatic rings. The van der Waals surface area contributed by atoms with Crippen LogP contribution in [-0.2, 0) is 0 Å². The van der Waals surface area contributed by atoms with Crippen LogP contribution in [-0.4, -0.2) is 5.54 Å². The van der Waals surface area contributed by atoms with E-state index in [1.165, 1.54) is 0 Å². The van der Waals surface area contributed by atoms with Crippen molar-refractivity contribution in [3.05, 3.63) is 0 Å². The first-order valence-electron chi connectivity index (χ1n) is 1.89. The molecule has 0 aromatic rings. The van der Waals surface area contributed by atoms with Crippen LogP contribution in [0.2, 0.25) is 0 Å². The Labute approximate surface area is 38.5 Å². The van der Waals surface area contributed by atoms with Gasteiger partial charge in [0.2, 0.25) is 0 Å². The predicted molar refractivity (Wildman–Crippen MR) is 25.8 cm³/mol. The summed E-state index contributed by atoms with van der Waals surface area (Å²) in [5.74, 6) is 2.49. The molecule has 1 nitrogen and oxygen atoms in total. The maximum absolute atomic E-state index is 4.99. The first-order valence-corrected chi connectivity index (χ1v) is 1.89. The highest BCUT2D eigenvalue weighted by molar-refractivity contribution is 4.99. The number of hydrogen-bond acceptors (Lipinski definition) is 0. The molecule has 0 saturated heterocycles. The molecule has 0 aromatic carbocycles. The zero-order valence-electron chi connectivity index (χ0n) is 4.28. The maximum atomic E-state index is 4.99. The zero-order chi connectivity index (χ0) is 5.21. The molecule has 0 heterocycles. The summed E-state index contributed by atoms with van der Waals surface area (Å²) in [5, 5.41) is 0. The van der Waals surface area contributed by atoms with Crippen molar-refractivity contribution in [3.63, 3.8) is 0 Å². The summed E-state index contributed by atoms with van der Waals surface area (Å²) in [6.07, 6.45) is 4.99. The van der Waals surface area contributed by atoms with Crippen LogP contribution in [0.5, 0.6) is 0 Å². The fourth-order valence-corrected chi connectivity index (χ4v) is 0. The third-order valence-electron chi connectivity index (χ3n) is 0.391. The Bertz CT molecular complexity index is 70.9. The van der Waals surface area contributed by atoms with Gasteiger partial charge in [0, 0.05) is 13.8 Å². The fourth-order valence-electron chi connectivity index (χ4n) is 0. The van der Waals surface area contributed by atoms with Gasteiger partial charge in [0.1, 0.15) is 5.54 Å². The van der Waals surface area contributed by atoms with Gasteiger partial charge in [0.05, 0.1) is 0 Å². The van der Waals surface area contributed by atoms with Gasteiger partial charge < -0.3 is 5.73 Å². The summed E-state index contributed by atoms with van der Waals surface area (Å²) in [7, 11) is 0. The van der Waals surface area contributed by atoms with E-state index in [9.17, 15) is 0 Å². The second kappa shape index (κ2) is 1.32. The molecule has 3 N–H and O–H groups in total. The molecule has 0 fully saturated rings. The third kappa shape index (κ3) is 3.52. The molecule has 0 spiro atoms. The minimum atomic E-state index is -0.181. The minimum Gasteiger partial charge on any atom is -0.343 e. The molecule has 0 unspecified atom stereocenters. The van der Waals surface area contributed by atoms with E-state index in [4.69, 9.17) is 6.42 Å². The molecule has 0 bridgehead atoms. The van der Waals surface area contributed by atoms with Crippen LogP contribution in [0.1, 0.15) is 13.8 Å². The molecular formula is C5H10N+. The molecule has 0 aliphatic heterocycles. The highest BCUT2D eigenvalue weighted by atomic mass is 14.7. The summed E-state index contributed by atoms with van der Waals surface area (Å²) >= 11 is 0. The SMILES string of the molecule is C#CC(C)(C)[NH3+]. The van der Waals surface area contributed by atoms with E-state index in [1.807, 2.05) is 13.8 Å². The Balaban J connectivity index is 3.55. The van der Waals surface area contributed by atoms with E-state index in [1.54, 1.807) is 0 Å². The normalized spacial score (nSPS) is 10.3. The first-order chi connectivity index (χ1) is 2.56. The lowest BCUT2D eigenvalue weighted by molar-refractivity contribution is -0.442. The van der Waals surface area contributed by atoms with Crippen LogP contribution in [0, 0.1) is 12.3 Å². The molecule has 0 atom stereocenters. The van der Waals surface area contributed by atoms with Gasteiger partial charge in [-0.3, -0.25) is 0 Å². The summed E-state index contributed by atoms with van der Waals surface area (Å²) in [6.45, 7) is 3.79. The van der Waals surface area contributed by atoms with Crippen molar-refractivity contribution in [2.45, 2.75) is 19.4 Å². The van der Waals surface area contributed by atoms with Gasteiger partial charge in [-0.15, -0.1) is 6.42 Å². The van der Waals surface area contributed by atoms with Crippen LogP contribution >= 0.6 is 0 Å². The van der Waals surface area contributed by atoms with E-state index < -0.39 is 0 Å². The van der Waals surface area contributed by atoms with E-state index in [2.05, 4.69) is 11.7 Å². The summed E-state index contributed by atoms with van der Waals surface area (Å²) < 4.78 is 0. The van der Waals surface area contributed by atoms with Gasteiger partial charge in [0.15, 0.2) is 0 Å². The molecule has 0 aliphatic carbocycles. The largest absolute Gasteiger partial charge is 0.343 e. The molecule has 0 amide bonds. The first kappa shape index (κ1) is 5.52. The fraction of sp³-hybridized carbons (Fsp3) is 0.600. The van der Waals surface area contributed by atoms with E-state index in [-0.39, 0.29) is 5.54 Å². The lowest BCUT2D eigenvalue weighted by atomic mass is 10.1. The van der Waals surface area contributed by atoms with Gasteiger partial charge in [0.25, 0.3) is 0 Å². The van der Waals surface area contributed by atoms with Crippen molar-refractivity contribution >= 4 is 0 Å². The third-order valence-corrected chi connectivity index (χ3v) is 0.391. The second-order valence-corrected chi connectivity index (χ2v) is 2.03. The van der Waals surface area contributed by atoms with Crippen molar-refractivity contribution in [1.29, 1.82) is 0 Å². The van der Waals surface area contributed by atoms with Gasteiger partial charge in [-0.25, -0.2) is 0 Å². The van der Waals surface area contributed by atoms with Crippen LogP contribution in [0.25, 0.3) is 0 Å². The summed E-state index contributed by atoms with van der Waals surface area (Å²) in [6, 6.07) is 0. The lowest BCUT2D eigenvalue weighted by Crippen LogP contribution is -2.68. The quantitative estimate of drug-likeness (QED) is 0.388. The Kier molecular flexibility index (Phi) is 1.21. The van der Waals surface area contributed by atoms with Crippen LogP contribution in [0.15, 0.2) is 0 Å². The Morgan fingerprint density at radius 1 is 1.67 bits per heavy atom. The maximum Gasteiger partial charge on any atom is 0.150 e. The van der Waals surface area contributed by atoms with Crippen molar-refractivity contribution in [3.8, 4) is 12.3 Å². The Morgan fingerprint density at radius 2 is 1.83 bits per heavy atom. The predicted octanol–water partition coefficient (Wildman–Crippen LogP) is -0.360. The lowest BCUT2D eigenvalue weighted by Gasteiger charge is -2.00. The average molecular weight is 84.1 g/mol. The Hall–Kier alpha value is -0.480. The number of quaternary nitrogens is 1. The van der Waals surface area contributed by atoms with Crippen LogP contribution < -0.4 is 5.73 Å². The van der Waals surface area contributed by atoms with Gasteiger partial charge in [-0.1, -0.05) is 0 Å². The summed E-state index contributed by atoms with van der Waals surface area (Å²) in [5.41, 5.74) is 3.47. The molecule has 34 valence electrons. The molecule has 0 saturated carbocycles. The second-order valence-electron chi connectivity index (χ2n) is 2.03. The standard InChI is InChI=1S/C5H9N/c1-4-5(2,3)6/h1H,6H2,2-3H3/p+1.